The molecule has 1 aromatic rings. The molecule has 1 atom stereocenters. The van der Waals surface area contributed by atoms with Crippen molar-refractivity contribution in [3.8, 4) is 5.75 Å². The zero-order chi connectivity index (χ0) is 13.2. The van der Waals surface area contributed by atoms with Crippen LogP contribution in [0, 0.1) is 0 Å². The average Bonchev–Trinajstić information content (AvgIpc) is 2.39. The van der Waals surface area contributed by atoms with Gasteiger partial charge in [0.25, 0.3) is 0 Å². The molecule has 0 aliphatic heterocycles. The first kappa shape index (κ1) is 15.0. The van der Waals surface area contributed by atoms with Crippen LogP contribution in [0.3, 0.4) is 0 Å². The second-order valence-corrected chi connectivity index (χ2v) is 4.52. The second-order valence-electron chi connectivity index (χ2n) is 4.52. The van der Waals surface area contributed by atoms with E-state index in [0.29, 0.717) is 19.3 Å². The van der Waals surface area contributed by atoms with Gasteiger partial charge in [0.2, 0.25) is 0 Å². The Bertz CT molecular complexity index is 328. The molecule has 1 aromatic carbocycles. The quantitative estimate of drug-likeness (QED) is 0.686. The molecule has 18 heavy (non-hydrogen) atoms. The Labute approximate surface area is 110 Å². The molecule has 0 spiro atoms. The first-order valence-corrected chi connectivity index (χ1v) is 6.79. The number of hydrogen-bond donors (Lipinski definition) is 1. The number of benzene rings is 1. The third-order valence-electron chi connectivity index (χ3n) is 2.79. The fraction of sp³-hybridized carbons (Fsp3) is 0.600. The van der Waals surface area contributed by atoms with Crippen LogP contribution in [0.5, 0.6) is 5.75 Å². The average molecular weight is 251 g/mol. The molecule has 0 heterocycles. The minimum absolute atomic E-state index is 0.357. The summed E-state index contributed by atoms with van der Waals surface area (Å²) in [4.78, 5) is 0. The molecule has 0 radical (unpaired) electrons. The van der Waals surface area contributed by atoms with Crippen LogP contribution < -0.4 is 10.5 Å². The van der Waals surface area contributed by atoms with E-state index in [1.54, 1.807) is 0 Å². The van der Waals surface area contributed by atoms with Gasteiger partial charge in [-0.15, -0.1) is 0 Å². The summed E-state index contributed by atoms with van der Waals surface area (Å²) < 4.78 is 11.3. The maximum absolute atomic E-state index is 5.67. The van der Waals surface area contributed by atoms with Crippen molar-refractivity contribution < 1.29 is 9.47 Å². The van der Waals surface area contributed by atoms with Crippen molar-refractivity contribution in [3.63, 3.8) is 0 Å². The van der Waals surface area contributed by atoms with Crippen molar-refractivity contribution in [1.29, 1.82) is 0 Å². The van der Waals surface area contributed by atoms with Crippen molar-refractivity contribution in [3.05, 3.63) is 29.8 Å². The standard InChI is InChI=1S/C15H25NO2/c1-3-6-13(2)17-9-5-10-18-15-8-4-7-14(11-15)12-16/h4,7-8,11,13H,3,5-6,9-10,12,16H2,1-2H3. The van der Waals surface area contributed by atoms with Gasteiger partial charge in [-0.3, -0.25) is 0 Å². The first-order chi connectivity index (χ1) is 8.76. The van der Waals surface area contributed by atoms with E-state index in [1.807, 2.05) is 24.3 Å². The van der Waals surface area contributed by atoms with E-state index in [2.05, 4.69) is 13.8 Å². The van der Waals surface area contributed by atoms with Gasteiger partial charge in [0.05, 0.1) is 19.3 Å². The highest BCUT2D eigenvalue weighted by atomic mass is 16.5. The summed E-state index contributed by atoms with van der Waals surface area (Å²) in [6.45, 7) is 6.29. The Balaban J connectivity index is 2.13. The van der Waals surface area contributed by atoms with Crippen LogP contribution in [0.1, 0.15) is 38.7 Å². The summed E-state index contributed by atoms with van der Waals surface area (Å²) >= 11 is 0. The predicted octanol–water partition coefficient (Wildman–Crippen LogP) is 3.12. The van der Waals surface area contributed by atoms with Gasteiger partial charge in [-0.1, -0.05) is 25.5 Å². The number of nitrogens with two attached hydrogens (primary N) is 1. The van der Waals surface area contributed by atoms with E-state index in [0.717, 1.165) is 30.8 Å². The lowest BCUT2D eigenvalue weighted by atomic mass is 10.2. The van der Waals surface area contributed by atoms with Gasteiger partial charge in [0, 0.05) is 13.0 Å². The highest BCUT2D eigenvalue weighted by Gasteiger charge is 2.00. The smallest absolute Gasteiger partial charge is 0.119 e. The Hall–Kier alpha value is -1.06. The van der Waals surface area contributed by atoms with E-state index < -0.39 is 0 Å². The topological polar surface area (TPSA) is 44.5 Å². The fourth-order valence-electron chi connectivity index (χ4n) is 1.79. The lowest BCUT2D eigenvalue weighted by molar-refractivity contribution is 0.0519. The predicted molar refractivity (Wildman–Crippen MR) is 74.8 cm³/mol. The highest BCUT2D eigenvalue weighted by Crippen LogP contribution is 2.13. The van der Waals surface area contributed by atoms with Crippen LogP contribution >= 0.6 is 0 Å². The summed E-state index contributed by atoms with van der Waals surface area (Å²) in [5, 5.41) is 0. The van der Waals surface area contributed by atoms with Crippen LogP contribution in [0.15, 0.2) is 24.3 Å². The monoisotopic (exact) mass is 251 g/mol. The molecule has 3 nitrogen and oxygen atoms in total. The number of ether oxygens (including phenoxy) is 2. The molecule has 2 N–H and O–H groups in total. The van der Waals surface area contributed by atoms with Gasteiger partial charge in [0.1, 0.15) is 5.75 Å². The van der Waals surface area contributed by atoms with Gasteiger partial charge in [-0.2, -0.15) is 0 Å². The third-order valence-corrected chi connectivity index (χ3v) is 2.79. The van der Waals surface area contributed by atoms with Crippen LogP contribution in [0.2, 0.25) is 0 Å². The van der Waals surface area contributed by atoms with Gasteiger partial charge >= 0.3 is 0 Å². The summed E-state index contributed by atoms with van der Waals surface area (Å²) in [7, 11) is 0. The van der Waals surface area contributed by atoms with E-state index in [1.165, 1.54) is 6.42 Å². The van der Waals surface area contributed by atoms with Crippen molar-refractivity contribution in [2.24, 2.45) is 5.73 Å². The van der Waals surface area contributed by atoms with Crippen molar-refractivity contribution in [1.82, 2.24) is 0 Å². The summed E-state index contributed by atoms with van der Waals surface area (Å²) in [5.41, 5.74) is 6.68. The maximum atomic E-state index is 5.67. The van der Waals surface area contributed by atoms with E-state index in [4.69, 9.17) is 15.2 Å². The van der Waals surface area contributed by atoms with Crippen LogP contribution in [-0.2, 0) is 11.3 Å². The molecule has 0 aliphatic carbocycles. The van der Waals surface area contributed by atoms with E-state index in [-0.39, 0.29) is 0 Å². The molecule has 0 fully saturated rings. The van der Waals surface area contributed by atoms with Gasteiger partial charge in [-0.05, 0) is 31.0 Å². The Kier molecular flexibility index (Phi) is 7.46. The largest absolute Gasteiger partial charge is 0.493 e. The molecular formula is C15H25NO2. The van der Waals surface area contributed by atoms with Crippen LogP contribution in [-0.4, -0.2) is 19.3 Å². The van der Waals surface area contributed by atoms with Gasteiger partial charge in [0.15, 0.2) is 0 Å². The van der Waals surface area contributed by atoms with E-state index in [9.17, 15) is 0 Å². The molecule has 0 amide bonds. The Morgan fingerprint density at radius 2 is 2.11 bits per heavy atom. The SMILES string of the molecule is CCCC(C)OCCCOc1cccc(CN)c1. The molecule has 102 valence electrons. The molecular weight excluding hydrogens is 226 g/mol. The summed E-state index contributed by atoms with van der Waals surface area (Å²) in [5.74, 6) is 0.888. The lowest BCUT2D eigenvalue weighted by Gasteiger charge is -2.12. The minimum atomic E-state index is 0.357. The van der Waals surface area contributed by atoms with Crippen molar-refractivity contribution in [2.75, 3.05) is 13.2 Å². The number of rotatable bonds is 9. The van der Waals surface area contributed by atoms with Crippen molar-refractivity contribution in [2.45, 2.75) is 45.8 Å². The molecule has 1 unspecified atom stereocenters. The summed E-state index contributed by atoms with van der Waals surface area (Å²) in [6, 6.07) is 7.92. The first-order valence-electron chi connectivity index (χ1n) is 6.79. The molecule has 1 rings (SSSR count). The zero-order valence-corrected chi connectivity index (χ0v) is 11.5. The van der Waals surface area contributed by atoms with Crippen molar-refractivity contribution >= 4 is 0 Å². The molecule has 0 saturated carbocycles. The molecule has 0 bridgehead atoms. The summed E-state index contributed by atoms with van der Waals surface area (Å²) in [6.07, 6.45) is 3.57. The highest BCUT2D eigenvalue weighted by molar-refractivity contribution is 5.28. The van der Waals surface area contributed by atoms with Crippen LogP contribution in [0.4, 0.5) is 0 Å². The van der Waals surface area contributed by atoms with E-state index >= 15 is 0 Å². The Morgan fingerprint density at radius 3 is 2.83 bits per heavy atom. The zero-order valence-electron chi connectivity index (χ0n) is 11.5. The molecule has 0 aliphatic rings. The molecule has 0 saturated heterocycles. The molecule has 0 aromatic heterocycles. The fourth-order valence-corrected chi connectivity index (χ4v) is 1.79. The number of hydrogen-bond acceptors (Lipinski definition) is 3. The van der Waals surface area contributed by atoms with Crippen LogP contribution in [0.25, 0.3) is 0 Å². The normalized spacial score (nSPS) is 12.4. The minimum Gasteiger partial charge on any atom is -0.493 e. The maximum Gasteiger partial charge on any atom is 0.119 e. The Morgan fingerprint density at radius 1 is 1.28 bits per heavy atom. The second kappa shape index (κ2) is 8.95. The molecule has 3 heteroatoms. The van der Waals surface area contributed by atoms with Gasteiger partial charge < -0.3 is 15.2 Å². The third kappa shape index (κ3) is 6.03. The van der Waals surface area contributed by atoms with Gasteiger partial charge in [-0.25, -0.2) is 0 Å². The lowest BCUT2D eigenvalue weighted by Crippen LogP contribution is -2.11.